The number of carbonyl (C=O) groups excluding carboxylic acids is 1. The highest BCUT2D eigenvalue weighted by Crippen LogP contribution is 2.25. The predicted octanol–water partition coefficient (Wildman–Crippen LogP) is 3.53. The minimum absolute atomic E-state index is 0.0815. The third-order valence-corrected chi connectivity index (χ3v) is 4.38. The number of rotatable bonds is 5. The van der Waals surface area contributed by atoms with Crippen LogP contribution in [0.4, 0.5) is 4.39 Å². The number of Topliss-reactive ketones (excluding diaryl/α,β-unsaturated/α-hetero) is 1. The molecule has 1 heterocycles. The van der Waals surface area contributed by atoms with E-state index in [-0.39, 0.29) is 11.3 Å². The van der Waals surface area contributed by atoms with E-state index in [1.807, 2.05) is 0 Å². The molecule has 1 saturated heterocycles. The van der Waals surface area contributed by atoms with Crippen LogP contribution < -0.4 is 4.74 Å². The van der Waals surface area contributed by atoms with Gasteiger partial charge in [-0.05, 0) is 44.4 Å². The Bertz CT molecular complexity index is 504. The molecule has 0 N–H and O–H groups in total. The summed E-state index contributed by atoms with van der Waals surface area (Å²) in [6, 6.07) is 4.98. The maximum absolute atomic E-state index is 13.9. The zero-order valence-corrected chi connectivity index (χ0v) is 13.1. The summed E-state index contributed by atoms with van der Waals surface area (Å²) in [6.45, 7) is 6.17. The number of halogens is 1. The van der Waals surface area contributed by atoms with Crippen LogP contribution in [0.2, 0.25) is 0 Å². The van der Waals surface area contributed by atoms with Gasteiger partial charge in [0.15, 0.2) is 5.78 Å². The normalized spacial score (nSPS) is 23.0. The van der Waals surface area contributed by atoms with Gasteiger partial charge >= 0.3 is 0 Å². The third kappa shape index (κ3) is 3.82. The monoisotopic (exact) mass is 293 g/mol. The van der Waals surface area contributed by atoms with Crippen molar-refractivity contribution >= 4 is 5.78 Å². The van der Waals surface area contributed by atoms with Crippen molar-refractivity contribution in [1.29, 1.82) is 0 Å². The molecule has 0 aliphatic carbocycles. The number of carbonyl (C=O) groups is 1. The summed E-state index contributed by atoms with van der Waals surface area (Å²) in [5.41, 5.74) is 0.0815. The number of ketones is 1. The minimum Gasteiger partial charge on any atom is -0.496 e. The van der Waals surface area contributed by atoms with E-state index in [1.165, 1.54) is 19.6 Å². The van der Waals surface area contributed by atoms with Crippen LogP contribution in [0.3, 0.4) is 0 Å². The summed E-state index contributed by atoms with van der Waals surface area (Å²) in [4.78, 5) is 14.6. The topological polar surface area (TPSA) is 29.5 Å². The predicted molar refractivity (Wildman–Crippen MR) is 81.3 cm³/mol. The Morgan fingerprint density at radius 3 is 2.86 bits per heavy atom. The first-order valence-corrected chi connectivity index (χ1v) is 7.62. The molecule has 21 heavy (non-hydrogen) atoms. The lowest BCUT2D eigenvalue weighted by atomic mass is 9.93. The molecule has 2 unspecified atom stereocenters. The molecule has 2 atom stereocenters. The van der Waals surface area contributed by atoms with Crippen LogP contribution in [0.25, 0.3) is 0 Å². The van der Waals surface area contributed by atoms with Crippen LogP contribution in [-0.4, -0.2) is 36.9 Å². The number of methoxy groups -OCH3 is 1. The van der Waals surface area contributed by atoms with Gasteiger partial charge in [0.2, 0.25) is 0 Å². The van der Waals surface area contributed by atoms with Crippen molar-refractivity contribution in [2.75, 3.05) is 20.2 Å². The molecule has 1 aromatic rings. The van der Waals surface area contributed by atoms with Crippen LogP contribution in [-0.2, 0) is 0 Å². The Morgan fingerprint density at radius 2 is 2.19 bits per heavy atom. The van der Waals surface area contributed by atoms with Crippen molar-refractivity contribution in [3.8, 4) is 5.75 Å². The summed E-state index contributed by atoms with van der Waals surface area (Å²) in [7, 11) is 1.46. The highest BCUT2D eigenvalue weighted by molar-refractivity contribution is 5.99. The first-order valence-electron chi connectivity index (χ1n) is 7.62. The van der Waals surface area contributed by atoms with E-state index in [0.29, 0.717) is 24.8 Å². The van der Waals surface area contributed by atoms with Crippen LogP contribution in [0.1, 0.15) is 43.5 Å². The van der Waals surface area contributed by atoms with Gasteiger partial charge in [0, 0.05) is 19.0 Å². The molecule has 0 bridgehead atoms. The SMILES string of the molecule is COc1cccc(F)c1C(=O)CCN1CCC(C)CC1C. The summed E-state index contributed by atoms with van der Waals surface area (Å²) in [6.07, 6.45) is 2.66. The summed E-state index contributed by atoms with van der Waals surface area (Å²) < 4.78 is 19.0. The Kier molecular flexibility index (Phi) is 5.34. The minimum atomic E-state index is -0.500. The molecule has 1 aliphatic rings. The molecule has 0 saturated carbocycles. The zero-order chi connectivity index (χ0) is 15.4. The zero-order valence-electron chi connectivity index (χ0n) is 13.1. The first kappa shape index (κ1) is 16.0. The number of nitrogens with zero attached hydrogens (tertiary/aromatic N) is 1. The molecular weight excluding hydrogens is 269 g/mol. The number of hydrogen-bond donors (Lipinski definition) is 0. The molecule has 1 aliphatic heterocycles. The van der Waals surface area contributed by atoms with Gasteiger partial charge in [0.1, 0.15) is 11.6 Å². The second-order valence-electron chi connectivity index (χ2n) is 6.00. The van der Waals surface area contributed by atoms with Gasteiger partial charge in [0.25, 0.3) is 0 Å². The summed E-state index contributed by atoms with van der Waals surface area (Å²) in [5, 5.41) is 0. The van der Waals surface area contributed by atoms with Crippen molar-refractivity contribution in [3.63, 3.8) is 0 Å². The van der Waals surface area contributed by atoms with Gasteiger partial charge in [-0.3, -0.25) is 4.79 Å². The molecule has 0 radical (unpaired) electrons. The van der Waals surface area contributed by atoms with Crippen LogP contribution in [0.15, 0.2) is 18.2 Å². The third-order valence-electron chi connectivity index (χ3n) is 4.38. The molecule has 0 amide bonds. The lowest BCUT2D eigenvalue weighted by Crippen LogP contribution is -2.41. The van der Waals surface area contributed by atoms with E-state index in [2.05, 4.69) is 18.7 Å². The van der Waals surface area contributed by atoms with Gasteiger partial charge in [-0.25, -0.2) is 4.39 Å². The van der Waals surface area contributed by atoms with E-state index in [0.717, 1.165) is 18.9 Å². The molecule has 0 aromatic heterocycles. The Balaban J connectivity index is 1.99. The smallest absolute Gasteiger partial charge is 0.170 e. The summed E-state index contributed by atoms with van der Waals surface area (Å²) >= 11 is 0. The fraction of sp³-hybridized carbons (Fsp3) is 0.588. The van der Waals surface area contributed by atoms with Crippen molar-refractivity contribution in [2.24, 2.45) is 5.92 Å². The van der Waals surface area contributed by atoms with Gasteiger partial charge in [0.05, 0.1) is 12.7 Å². The highest BCUT2D eigenvalue weighted by atomic mass is 19.1. The quantitative estimate of drug-likeness (QED) is 0.778. The molecule has 2 rings (SSSR count). The number of ether oxygens (including phenoxy) is 1. The van der Waals surface area contributed by atoms with Gasteiger partial charge in [-0.2, -0.15) is 0 Å². The lowest BCUT2D eigenvalue weighted by Gasteiger charge is -2.36. The Morgan fingerprint density at radius 1 is 1.43 bits per heavy atom. The van der Waals surface area contributed by atoms with Gasteiger partial charge < -0.3 is 9.64 Å². The Hall–Kier alpha value is -1.42. The molecule has 0 spiro atoms. The average molecular weight is 293 g/mol. The fourth-order valence-corrected chi connectivity index (χ4v) is 3.10. The highest BCUT2D eigenvalue weighted by Gasteiger charge is 2.24. The molecular formula is C17H24FNO2. The van der Waals surface area contributed by atoms with Crippen molar-refractivity contribution in [3.05, 3.63) is 29.6 Å². The number of likely N-dealkylation sites (tertiary alicyclic amines) is 1. The van der Waals surface area contributed by atoms with E-state index >= 15 is 0 Å². The van der Waals surface area contributed by atoms with Crippen LogP contribution in [0, 0.1) is 11.7 Å². The summed E-state index contributed by atoms with van der Waals surface area (Å²) in [5.74, 6) is 0.384. The maximum atomic E-state index is 13.9. The molecule has 3 nitrogen and oxygen atoms in total. The average Bonchev–Trinajstić information content (AvgIpc) is 2.45. The second kappa shape index (κ2) is 7.03. The first-order chi connectivity index (χ1) is 10.0. The standard InChI is InChI=1S/C17H24FNO2/c1-12-7-9-19(13(2)11-12)10-8-15(20)17-14(18)5-4-6-16(17)21-3/h4-6,12-13H,7-11H2,1-3H3. The second-order valence-corrected chi connectivity index (χ2v) is 6.00. The molecule has 1 fully saturated rings. The van der Waals surface area contributed by atoms with E-state index in [4.69, 9.17) is 4.74 Å². The van der Waals surface area contributed by atoms with E-state index in [1.54, 1.807) is 12.1 Å². The van der Waals surface area contributed by atoms with Gasteiger partial charge in [-0.1, -0.05) is 13.0 Å². The molecule has 116 valence electrons. The van der Waals surface area contributed by atoms with Crippen LogP contribution in [0.5, 0.6) is 5.75 Å². The maximum Gasteiger partial charge on any atom is 0.170 e. The lowest BCUT2D eigenvalue weighted by molar-refractivity contribution is 0.0903. The number of piperidine rings is 1. The van der Waals surface area contributed by atoms with E-state index < -0.39 is 5.82 Å². The fourth-order valence-electron chi connectivity index (χ4n) is 3.10. The molecule has 4 heteroatoms. The number of benzene rings is 1. The van der Waals surface area contributed by atoms with Crippen molar-refractivity contribution in [2.45, 2.75) is 39.2 Å². The van der Waals surface area contributed by atoms with Crippen molar-refractivity contribution < 1.29 is 13.9 Å². The van der Waals surface area contributed by atoms with Crippen molar-refractivity contribution in [1.82, 2.24) is 4.90 Å². The number of hydrogen-bond acceptors (Lipinski definition) is 3. The van der Waals surface area contributed by atoms with Crippen LogP contribution >= 0.6 is 0 Å². The Labute approximate surface area is 126 Å². The largest absolute Gasteiger partial charge is 0.496 e. The van der Waals surface area contributed by atoms with E-state index in [9.17, 15) is 9.18 Å². The van der Waals surface area contributed by atoms with Gasteiger partial charge in [-0.15, -0.1) is 0 Å². The molecule has 1 aromatic carbocycles.